The molecule has 0 saturated heterocycles. The van der Waals surface area contributed by atoms with Gasteiger partial charge in [-0.2, -0.15) is 5.10 Å². The van der Waals surface area contributed by atoms with Crippen molar-refractivity contribution in [1.29, 1.82) is 0 Å². The predicted octanol–water partition coefficient (Wildman–Crippen LogP) is 1.80. The number of hydrogen-bond acceptors (Lipinski definition) is 3. The van der Waals surface area contributed by atoms with Gasteiger partial charge in [-0.25, -0.2) is 0 Å². The molecule has 2 N–H and O–H groups in total. The number of hydrogen-bond donors (Lipinski definition) is 2. The maximum Gasteiger partial charge on any atom is 0.242 e. The number of amides is 1. The van der Waals surface area contributed by atoms with Crippen molar-refractivity contribution in [2.75, 3.05) is 7.05 Å². The Morgan fingerprint density at radius 3 is 2.60 bits per heavy atom. The standard InChI is InChI=1S/C14H24N4O.ClH/c1-10(11-6-4-5-7-11)17-14(19)13(15-2)12-8-16-18(3)9-12;/h8-11,13,15H,4-7H2,1-3H3,(H,17,19);1H. The van der Waals surface area contributed by atoms with E-state index in [1.165, 1.54) is 25.7 Å². The van der Waals surface area contributed by atoms with Crippen LogP contribution in [0.2, 0.25) is 0 Å². The number of aryl methyl sites for hydroxylation is 1. The van der Waals surface area contributed by atoms with Crippen LogP contribution in [0.15, 0.2) is 12.4 Å². The SMILES string of the molecule is CNC(C(=O)NC(C)C1CCCC1)c1cnn(C)c1.Cl. The van der Waals surface area contributed by atoms with Gasteiger partial charge in [0.2, 0.25) is 5.91 Å². The lowest BCUT2D eigenvalue weighted by molar-refractivity contribution is -0.124. The summed E-state index contributed by atoms with van der Waals surface area (Å²) >= 11 is 0. The van der Waals surface area contributed by atoms with Gasteiger partial charge in [0, 0.05) is 24.8 Å². The zero-order valence-corrected chi connectivity index (χ0v) is 13.2. The summed E-state index contributed by atoms with van der Waals surface area (Å²) in [5, 5.41) is 10.3. The Bertz CT molecular complexity index is 429. The molecule has 0 radical (unpaired) electrons. The normalized spacial score (nSPS) is 18.4. The average Bonchev–Trinajstić information content (AvgIpc) is 3.01. The second kappa shape index (κ2) is 7.64. The third-order valence-corrected chi connectivity index (χ3v) is 4.09. The molecule has 20 heavy (non-hydrogen) atoms. The highest BCUT2D eigenvalue weighted by molar-refractivity contribution is 5.85. The van der Waals surface area contributed by atoms with Gasteiger partial charge in [0.25, 0.3) is 0 Å². The first-order valence-corrected chi connectivity index (χ1v) is 7.08. The van der Waals surface area contributed by atoms with Gasteiger partial charge in [-0.05, 0) is 32.7 Å². The summed E-state index contributed by atoms with van der Waals surface area (Å²) in [6.45, 7) is 2.11. The molecule has 2 rings (SSSR count). The highest BCUT2D eigenvalue weighted by atomic mass is 35.5. The Hall–Kier alpha value is -1.07. The largest absolute Gasteiger partial charge is 0.352 e. The Balaban J connectivity index is 0.00000200. The Labute approximate surface area is 126 Å². The molecule has 114 valence electrons. The molecule has 5 nitrogen and oxygen atoms in total. The molecule has 1 amide bonds. The fourth-order valence-corrected chi connectivity index (χ4v) is 2.92. The van der Waals surface area contributed by atoms with E-state index in [9.17, 15) is 4.79 Å². The molecule has 2 unspecified atom stereocenters. The van der Waals surface area contributed by atoms with Crippen LogP contribution in [0.3, 0.4) is 0 Å². The van der Waals surface area contributed by atoms with Gasteiger partial charge in [0.15, 0.2) is 0 Å². The maximum absolute atomic E-state index is 12.3. The zero-order chi connectivity index (χ0) is 13.8. The number of halogens is 1. The van der Waals surface area contributed by atoms with Crippen LogP contribution in [-0.4, -0.2) is 28.8 Å². The minimum absolute atomic E-state index is 0. The van der Waals surface area contributed by atoms with E-state index in [1.54, 1.807) is 17.9 Å². The number of nitrogens with one attached hydrogen (secondary N) is 2. The molecule has 1 heterocycles. The zero-order valence-electron chi connectivity index (χ0n) is 12.4. The third kappa shape index (κ3) is 3.96. The van der Waals surface area contributed by atoms with E-state index in [2.05, 4.69) is 22.7 Å². The topological polar surface area (TPSA) is 59.0 Å². The highest BCUT2D eigenvalue weighted by Gasteiger charge is 2.26. The van der Waals surface area contributed by atoms with Crippen molar-refractivity contribution >= 4 is 18.3 Å². The van der Waals surface area contributed by atoms with E-state index < -0.39 is 0 Å². The molecule has 1 aromatic heterocycles. The van der Waals surface area contributed by atoms with Crippen LogP contribution in [0.25, 0.3) is 0 Å². The Kier molecular flexibility index (Phi) is 6.49. The first-order chi connectivity index (χ1) is 9.11. The van der Waals surface area contributed by atoms with Gasteiger partial charge in [0.1, 0.15) is 6.04 Å². The minimum atomic E-state index is -0.322. The number of likely N-dealkylation sites (N-methyl/N-ethyl adjacent to an activating group) is 1. The summed E-state index contributed by atoms with van der Waals surface area (Å²) in [4.78, 5) is 12.3. The molecule has 1 aromatic rings. The molecular formula is C14H25ClN4O. The van der Waals surface area contributed by atoms with Crippen LogP contribution in [0.1, 0.15) is 44.2 Å². The van der Waals surface area contributed by atoms with E-state index in [1.807, 2.05) is 13.2 Å². The van der Waals surface area contributed by atoms with Crippen LogP contribution < -0.4 is 10.6 Å². The maximum atomic E-state index is 12.3. The summed E-state index contributed by atoms with van der Waals surface area (Å²) < 4.78 is 1.72. The molecule has 2 atom stereocenters. The van der Waals surface area contributed by atoms with Gasteiger partial charge >= 0.3 is 0 Å². The molecular weight excluding hydrogens is 276 g/mol. The molecule has 0 aliphatic heterocycles. The van der Waals surface area contributed by atoms with Crippen molar-refractivity contribution in [2.45, 2.75) is 44.7 Å². The summed E-state index contributed by atoms with van der Waals surface area (Å²) in [5.74, 6) is 0.672. The van der Waals surface area contributed by atoms with E-state index in [4.69, 9.17) is 0 Å². The number of aromatic nitrogens is 2. The van der Waals surface area contributed by atoms with Crippen molar-refractivity contribution in [3.63, 3.8) is 0 Å². The molecule has 0 bridgehead atoms. The lowest BCUT2D eigenvalue weighted by atomic mass is 9.99. The van der Waals surface area contributed by atoms with Gasteiger partial charge in [-0.1, -0.05) is 12.8 Å². The number of carbonyl (C=O) groups is 1. The van der Waals surface area contributed by atoms with E-state index in [0.29, 0.717) is 5.92 Å². The summed E-state index contributed by atoms with van der Waals surface area (Å²) in [6.07, 6.45) is 8.67. The number of nitrogens with zero attached hydrogens (tertiary/aromatic N) is 2. The first kappa shape index (κ1) is 17.0. The summed E-state index contributed by atoms with van der Waals surface area (Å²) in [6, 6.07) is -0.0694. The van der Waals surface area contributed by atoms with E-state index in [-0.39, 0.29) is 30.4 Å². The van der Waals surface area contributed by atoms with Crippen LogP contribution in [0, 0.1) is 5.92 Å². The van der Waals surface area contributed by atoms with Crippen LogP contribution in [-0.2, 0) is 11.8 Å². The average molecular weight is 301 g/mol. The highest BCUT2D eigenvalue weighted by Crippen LogP contribution is 2.27. The van der Waals surface area contributed by atoms with Crippen molar-refractivity contribution in [2.24, 2.45) is 13.0 Å². The molecule has 1 aliphatic carbocycles. The van der Waals surface area contributed by atoms with Crippen molar-refractivity contribution in [3.8, 4) is 0 Å². The summed E-state index contributed by atoms with van der Waals surface area (Å²) in [5.41, 5.74) is 0.904. The van der Waals surface area contributed by atoms with Crippen LogP contribution in [0.5, 0.6) is 0 Å². The Morgan fingerprint density at radius 2 is 2.10 bits per heavy atom. The molecule has 1 saturated carbocycles. The fraction of sp³-hybridized carbons (Fsp3) is 0.714. The molecule has 1 fully saturated rings. The van der Waals surface area contributed by atoms with E-state index in [0.717, 1.165) is 5.56 Å². The van der Waals surface area contributed by atoms with Crippen molar-refractivity contribution < 1.29 is 4.79 Å². The molecule has 6 heteroatoms. The lowest BCUT2D eigenvalue weighted by Crippen LogP contribution is -2.43. The Morgan fingerprint density at radius 1 is 1.45 bits per heavy atom. The summed E-state index contributed by atoms with van der Waals surface area (Å²) in [7, 11) is 3.66. The van der Waals surface area contributed by atoms with E-state index >= 15 is 0 Å². The number of rotatable bonds is 5. The fourth-order valence-electron chi connectivity index (χ4n) is 2.92. The van der Waals surface area contributed by atoms with Gasteiger partial charge in [-0.3, -0.25) is 9.48 Å². The van der Waals surface area contributed by atoms with Crippen LogP contribution in [0.4, 0.5) is 0 Å². The number of carbonyl (C=O) groups excluding carboxylic acids is 1. The lowest BCUT2D eigenvalue weighted by Gasteiger charge is -2.23. The van der Waals surface area contributed by atoms with Crippen molar-refractivity contribution in [3.05, 3.63) is 18.0 Å². The van der Waals surface area contributed by atoms with Crippen LogP contribution >= 0.6 is 12.4 Å². The van der Waals surface area contributed by atoms with Gasteiger partial charge in [0.05, 0.1) is 6.20 Å². The third-order valence-electron chi connectivity index (χ3n) is 4.09. The smallest absolute Gasteiger partial charge is 0.242 e. The molecule has 0 spiro atoms. The molecule has 1 aliphatic rings. The minimum Gasteiger partial charge on any atom is -0.352 e. The molecule has 0 aromatic carbocycles. The quantitative estimate of drug-likeness (QED) is 0.872. The predicted molar refractivity (Wildman–Crippen MR) is 81.8 cm³/mol. The second-order valence-electron chi connectivity index (χ2n) is 5.51. The monoisotopic (exact) mass is 300 g/mol. The van der Waals surface area contributed by atoms with Gasteiger partial charge < -0.3 is 10.6 Å². The first-order valence-electron chi connectivity index (χ1n) is 7.08. The van der Waals surface area contributed by atoms with Crippen molar-refractivity contribution in [1.82, 2.24) is 20.4 Å². The van der Waals surface area contributed by atoms with Gasteiger partial charge in [-0.15, -0.1) is 12.4 Å². The second-order valence-corrected chi connectivity index (χ2v) is 5.51.